The monoisotopic (exact) mass is 403 g/mol. The van der Waals surface area contributed by atoms with E-state index in [1.165, 1.54) is 12.7 Å². The van der Waals surface area contributed by atoms with E-state index >= 15 is 0 Å². The van der Waals surface area contributed by atoms with Crippen molar-refractivity contribution in [2.75, 3.05) is 5.32 Å². The molecule has 2 aromatic rings. The number of carbonyl (C=O) groups is 2. The highest BCUT2D eigenvalue weighted by Gasteiger charge is 2.61. The predicted octanol–water partition coefficient (Wildman–Crippen LogP) is 2.80. The van der Waals surface area contributed by atoms with Gasteiger partial charge in [0, 0.05) is 4.87 Å². The fourth-order valence-electron chi connectivity index (χ4n) is 5.81. The van der Waals surface area contributed by atoms with Gasteiger partial charge in [-0.3, -0.25) is 9.59 Å². The number of carbonyl (C=O) groups excluding carboxylic acids is 2. The zero-order valence-electron chi connectivity index (χ0n) is 15.6. The molecule has 4 bridgehead atoms. The smallest absolute Gasteiger partial charge is 0.312 e. The van der Waals surface area contributed by atoms with Crippen LogP contribution >= 0.6 is 11.6 Å². The van der Waals surface area contributed by atoms with Gasteiger partial charge in [0.2, 0.25) is 0 Å². The molecule has 0 spiro atoms. The Morgan fingerprint density at radius 1 is 1.25 bits per heavy atom. The lowest BCUT2D eigenvalue weighted by molar-refractivity contribution is -0.176. The van der Waals surface area contributed by atoms with Gasteiger partial charge in [-0.1, -0.05) is 0 Å². The van der Waals surface area contributed by atoms with Crippen LogP contribution in [0.3, 0.4) is 0 Å². The number of anilines is 1. The van der Waals surface area contributed by atoms with Gasteiger partial charge in [-0.15, -0.1) is 11.6 Å². The molecule has 0 aromatic carbocycles. The molecule has 6 rings (SSSR count). The summed E-state index contributed by atoms with van der Waals surface area (Å²) in [5, 5.41) is 2.69. The molecule has 4 aliphatic rings. The van der Waals surface area contributed by atoms with Crippen LogP contribution in [0.4, 0.5) is 5.82 Å². The summed E-state index contributed by atoms with van der Waals surface area (Å²) in [6.45, 7) is 1.58. The average Bonchev–Trinajstić information content (AvgIpc) is 3.09. The van der Waals surface area contributed by atoms with Crippen molar-refractivity contribution in [3.05, 3.63) is 12.7 Å². The Morgan fingerprint density at radius 3 is 2.71 bits per heavy atom. The summed E-state index contributed by atoms with van der Waals surface area (Å²) in [4.78, 5) is 40.4. The number of alkyl halides is 1. The van der Waals surface area contributed by atoms with Gasteiger partial charge < -0.3 is 15.0 Å². The van der Waals surface area contributed by atoms with Crippen LogP contribution in [0.15, 0.2) is 12.7 Å². The largest absolute Gasteiger partial charge is 0.452 e. The molecule has 9 heteroatoms. The highest BCUT2D eigenvalue weighted by atomic mass is 35.5. The molecule has 0 radical (unpaired) electrons. The molecule has 4 aliphatic carbocycles. The van der Waals surface area contributed by atoms with Crippen LogP contribution < -0.4 is 5.32 Å². The lowest BCUT2D eigenvalue weighted by atomic mass is 9.49. The van der Waals surface area contributed by atoms with Gasteiger partial charge >= 0.3 is 5.97 Å². The second kappa shape index (κ2) is 6.14. The molecular formula is C19H22ClN5O3. The van der Waals surface area contributed by atoms with E-state index < -0.39 is 17.4 Å². The summed E-state index contributed by atoms with van der Waals surface area (Å²) in [5.74, 6) is 0.567. The first kappa shape index (κ1) is 17.8. The summed E-state index contributed by atoms with van der Waals surface area (Å²) < 4.78 is 5.63. The maximum atomic E-state index is 13.1. The van der Waals surface area contributed by atoms with Crippen molar-refractivity contribution in [1.82, 2.24) is 19.9 Å². The van der Waals surface area contributed by atoms with E-state index in [1.807, 2.05) is 0 Å². The second-order valence-electron chi connectivity index (χ2n) is 8.75. The minimum Gasteiger partial charge on any atom is -0.452 e. The van der Waals surface area contributed by atoms with Crippen molar-refractivity contribution in [2.24, 2.45) is 17.3 Å². The van der Waals surface area contributed by atoms with Gasteiger partial charge in [-0.05, 0) is 57.3 Å². The van der Waals surface area contributed by atoms with E-state index in [4.69, 9.17) is 16.3 Å². The number of hydrogen-bond acceptors (Lipinski definition) is 6. The van der Waals surface area contributed by atoms with Crippen molar-refractivity contribution < 1.29 is 14.3 Å². The number of amides is 1. The molecule has 0 saturated heterocycles. The normalized spacial score (nSPS) is 34.4. The molecule has 2 aromatic heterocycles. The molecule has 28 heavy (non-hydrogen) atoms. The number of rotatable bonds is 4. The maximum Gasteiger partial charge on any atom is 0.312 e. The summed E-state index contributed by atoms with van der Waals surface area (Å²) in [7, 11) is 0. The Kier molecular flexibility index (Phi) is 3.91. The molecule has 2 N–H and O–H groups in total. The molecule has 4 saturated carbocycles. The molecule has 0 aliphatic heterocycles. The number of esters is 1. The third kappa shape index (κ3) is 2.85. The first-order chi connectivity index (χ1) is 13.4. The maximum absolute atomic E-state index is 13.1. The lowest BCUT2D eigenvalue weighted by Crippen LogP contribution is -2.57. The molecular weight excluding hydrogens is 382 g/mol. The van der Waals surface area contributed by atoms with Crippen molar-refractivity contribution in [2.45, 2.75) is 56.4 Å². The van der Waals surface area contributed by atoms with E-state index in [-0.39, 0.29) is 10.8 Å². The van der Waals surface area contributed by atoms with E-state index in [1.54, 1.807) is 6.92 Å². The number of fused-ring (bicyclic) bond motifs is 1. The summed E-state index contributed by atoms with van der Waals surface area (Å²) in [5.41, 5.74) is 0.446. The number of aromatic nitrogens is 4. The van der Waals surface area contributed by atoms with Crippen LogP contribution in [-0.2, 0) is 14.3 Å². The van der Waals surface area contributed by atoms with Crippen LogP contribution in [0.2, 0.25) is 0 Å². The van der Waals surface area contributed by atoms with Crippen molar-refractivity contribution in [1.29, 1.82) is 0 Å². The molecule has 8 nitrogen and oxygen atoms in total. The van der Waals surface area contributed by atoms with Gasteiger partial charge in [0.25, 0.3) is 5.91 Å². The van der Waals surface area contributed by atoms with Gasteiger partial charge in [0.05, 0.1) is 11.7 Å². The Morgan fingerprint density at radius 2 is 2.00 bits per heavy atom. The van der Waals surface area contributed by atoms with Crippen LogP contribution in [0.1, 0.15) is 45.4 Å². The zero-order valence-corrected chi connectivity index (χ0v) is 16.3. The Balaban J connectivity index is 1.29. The highest BCUT2D eigenvalue weighted by molar-refractivity contribution is 6.24. The molecule has 2 heterocycles. The first-order valence-electron chi connectivity index (χ1n) is 9.71. The van der Waals surface area contributed by atoms with Gasteiger partial charge in [-0.2, -0.15) is 0 Å². The SMILES string of the molecule is C[C@H](OC(=O)C12C[C@H]3C[C@@H](CC(Cl)(C3)C1)C2)C(=O)Nc1ncnc2nc[nH]c12. The molecule has 0 unspecified atom stereocenters. The fourth-order valence-corrected chi connectivity index (χ4v) is 6.50. The van der Waals surface area contributed by atoms with Crippen molar-refractivity contribution in [3.63, 3.8) is 0 Å². The number of ether oxygens (including phenoxy) is 1. The third-order valence-corrected chi connectivity index (χ3v) is 6.98. The van der Waals surface area contributed by atoms with Crippen LogP contribution in [0.5, 0.6) is 0 Å². The Labute approximate surface area is 166 Å². The summed E-state index contributed by atoms with van der Waals surface area (Å²) in [6.07, 6.45) is 7.32. The molecule has 148 valence electrons. The zero-order chi connectivity index (χ0) is 19.5. The molecule has 1 amide bonds. The predicted molar refractivity (Wildman–Crippen MR) is 102 cm³/mol. The summed E-state index contributed by atoms with van der Waals surface area (Å²) >= 11 is 6.81. The quantitative estimate of drug-likeness (QED) is 0.600. The topological polar surface area (TPSA) is 110 Å². The second-order valence-corrected chi connectivity index (χ2v) is 9.55. The highest BCUT2D eigenvalue weighted by Crippen LogP contribution is 2.64. The minimum atomic E-state index is -0.931. The van der Waals surface area contributed by atoms with E-state index in [2.05, 4.69) is 25.3 Å². The number of imidazole rings is 1. The number of aromatic amines is 1. The molecule has 4 fully saturated rings. The third-order valence-electron chi connectivity index (χ3n) is 6.54. The standard InChI is InChI=1S/C19H22ClN5O3/c1-10(16(26)25-15-13-14(22-8-21-13)23-9-24-15)28-17(27)18-3-11-2-12(4-18)6-19(20,5-11)7-18/h8-12H,2-7H2,1H3,(H2,21,22,23,24,25,26)/t10-,11+,12+,18?,19?/m0/s1. The lowest BCUT2D eigenvalue weighted by Gasteiger charge is -2.58. The van der Waals surface area contributed by atoms with Crippen molar-refractivity contribution in [3.8, 4) is 0 Å². The number of H-pyrrole nitrogens is 1. The van der Waals surface area contributed by atoms with Crippen LogP contribution in [0, 0.1) is 17.3 Å². The van der Waals surface area contributed by atoms with E-state index in [9.17, 15) is 9.59 Å². The molecule has 3 atom stereocenters. The minimum absolute atomic E-state index is 0.276. The van der Waals surface area contributed by atoms with Gasteiger partial charge in [0.15, 0.2) is 17.6 Å². The number of nitrogens with zero attached hydrogens (tertiary/aromatic N) is 3. The Hall–Kier alpha value is -2.22. The number of nitrogens with one attached hydrogen (secondary N) is 2. The number of hydrogen-bond donors (Lipinski definition) is 2. The number of halogens is 1. The van der Waals surface area contributed by atoms with Gasteiger partial charge in [-0.25, -0.2) is 15.0 Å². The van der Waals surface area contributed by atoms with Crippen LogP contribution in [-0.4, -0.2) is 42.8 Å². The van der Waals surface area contributed by atoms with Crippen LogP contribution in [0.25, 0.3) is 11.2 Å². The van der Waals surface area contributed by atoms with E-state index in [0.717, 1.165) is 32.1 Å². The first-order valence-corrected chi connectivity index (χ1v) is 10.1. The summed E-state index contributed by atoms with van der Waals surface area (Å²) in [6, 6.07) is 0. The van der Waals surface area contributed by atoms with Gasteiger partial charge in [0.1, 0.15) is 11.8 Å². The Bertz CT molecular complexity index is 946. The van der Waals surface area contributed by atoms with Crippen molar-refractivity contribution >= 4 is 40.5 Å². The average molecular weight is 404 g/mol. The fraction of sp³-hybridized carbons (Fsp3) is 0.632. The van der Waals surface area contributed by atoms with E-state index in [0.29, 0.717) is 35.2 Å².